The first-order valence-electron chi connectivity index (χ1n) is 6.45. The highest BCUT2D eigenvalue weighted by Crippen LogP contribution is 2.36. The molecular weight excluding hydrogens is 414 g/mol. The van der Waals surface area contributed by atoms with Gasteiger partial charge < -0.3 is 14.8 Å². The van der Waals surface area contributed by atoms with Gasteiger partial charge in [-0.1, -0.05) is 6.07 Å². The zero-order valence-electron chi connectivity index (χ0n) is 12.4. The summed E-state index contributed by atoms with van der Waals surface area (Å²) in [6.45, 7) is 1.99. The summed E-state index contributed by atoms with van der Waals surface area (Å²) in [4.78, 5) is 12.4. The van der Waals surface area contributed by atoms with Crippen LogP contribution >= 0.6 is 31.9 Å². The maximum atomic E-state index is 12.4. The van der Waals surface area contributed by atoms with E-state index in [1.165, 1.54) is 14.2 Å². The van der Waals surface area contributed by atoms with E-state index in [0.29, 0.717) is 27.2 Å². The van der Waals surface area contributed by atoms with Gasteiger partial charge in [-0.3, -0.25) is 4.79 Å². The van der Waals surface area contributed by atoms with Gasteiger partial charge in [0.15, 0.2) is 0 Å². The molecule has 0 atom stereocenters. The normalized spacial score (nSPS) is 10.2. The van der Waals surface area contributed by atoms with Crippen molar-refractivity contribution in [2.75, 3.05) is 19.5 Å². The molecule has 4 nitrogen and oxygen atoms in total. The number of nitrogens with one attached hydrogen (secondary N) is 1. The summed E-state index contributed by atoms with van der Waals surface area (Å²) in [5.41, 5.74) is 2.26. The van der Waals surface area contributed by atoms with Crippen molar-refractivity contribution in [3.8, 4) is 11.5 Å². The van der Waals surface area contributed by atoms with Gasteiger partial charge in [0.1, 0.15) is 16.0 Å². The first-order valence-corrected chi connectivity index (χ1v) is 8.04. The molecule has 1 amide bonds. The van der Waals surface area contributed by atoms with E-state index in [1.54, 1.807) is 12.1 Å². The standard InChI is InChI=1S/C16H15Br2NO3/c1-9-4-5-12(11(17)6-9)19-16(20)10-7-13(21-2)15(18)14(8-10)22-3/h4-8H,1-3H3,(H,19,20). The van der Waals surface area contributed by atoms with Gasteiger partial charge in [-0.25, -0.2) is 0 Å². The van der Waals surface area contributed by atoms with Gasteiger partial charge in [-0.2, -0.15) is 0 Å². The molecular formula is C16H15Br2NO3. The SMILES string of the molecule is COc1cc(C(=O)Nc2ccc(C)cc2Br)cc(OC)c1Br. The van der Waals surface area contributed by atoms with E-state index in [2.05, 4.69) is 37.2 Å². The molecule has 22 heavy (non-hydrogen) atoms. The first-order chi connectivity index (χ1) is 10.5. The van der Waals surface area contributed by atoms with E-state index in [1.807, 2.05) is 25.1 Å². The quantitative estimate of drug-likeness (QED) is 0.761. The number of carbonyl (C=O) groups excluding carboxylic acids is 1. The number of rotatable bonds is 4. The van der Waals surface area contributed by atoms with E-state index in [4.69, 9.17) is 9.47 Å². The number of aryl methyl sites for hydroxylation is 1. The number of carbonyl (C=O) groups is 1. The Kier molecular flexibility index (Phi) is 5.47. The highest BCUT2D eigenvalue weighted by molar-refractivity contribution is 9.11. The zero-order chi connectivity index (χ0) is 16.3. The summed E-state index contributed by atoms with van der Waals surface area (Å²) in [7, 11) is 3.08. The van der Waals surface area contributed by atoms with Gasteiger partial charge in [-0.15, -0.1) is 0 Å². The van der Waals surface area contributed by atoms with Gasteiger partial charge in [0.2, 0.25) is 0 Å². The van der Waals surface area contributed by atoms with Gasteiger partial charge in [0.25, 0.3) is 5.91 Å². The fraction of sp³-hybridized carbons (Fsp3) is 0.188. The van der Waals surface area contributed by atoms with Crippen molar-refractivity contribution < 1.29 is 14.3 Å². The van der Waals surface area contributed by atoms with Crippen LogP contribution < -0.4 is 14.8 Å². The third-order valence-corrected chi connectivity index (χ3v) is 4.52. The van der Waals surface area contributed by atoms with E-state index in [-0.39, 0.29) is 5.91 Å². The second-order valence-electron chi connectivity index (χ2n) is 4.63. The molecule has 0 saturated carbocycles. The molecule has 2 rings (SSSR count). The first kappa shape index (κ1) is 16.8. The van der Waals surface area contributed by atoms with E-state index < -0.39 is 0 Å². The third kappa shape index (κ3) is 3.62. The molecule has 0 spiro atoms. The summed E-state index contributed by atoms with van der Waals surface area (Å²) >= 11 is 6.83. The monoisotopic (exact) mass is 427 g/mol. The van der Waals surface area contributed by atoms with Crippen LogP contribution in [0.5, 0.6) is 11.5 Å². The van der Waals surface area contributed by atoms with Crippen LogP contribution in [0.15, 0.2) is 39.3 Å². The molecule has 0 heterocycles. The predicted molar refractivity (Wildman–Crippen MR) is 94.1 cm³/mol. The van der Waals surface area contributed by atoms with Crippen LogP contribution in [0.1, 0.15) is 15.9 Å². The lowest BCUT2D eigenvalue weighted by Gasteiger charge is -2.12. The number of anilines is 1. The summed E-state index contributed by atoms with van der Waals surface area (Å²) in [6, 6.07) is 9.04. The number of hydrogen-bond acceptors (Lipinski definition) is 3. The fourth-order valence-electron chi connectivity index (χ4n) is 1.92. The molecule has 2 aromatic carbocycles. The minimum atomic E-state index is -0.242. The van der Waals surface area contributed by atoms with Crippen LogP contribution in [0.25, 0.3) is 0 Å². The van der Waals surface area contributed by atoms with Crippen LogP contribution in [-0.4, -0.2) is 20.1 Å². The van der Waals surface area contributed by atoms with Crippen molar-refractivity contribution in [3.63, 3.8) is 0 Å². The molecule has 1 N–H and O–H groups in total. The molecule has 0 aliphatic carbocycles. The Balaban J connectivity index is 2.33. The van der Waals surface area contributed by atoms with Crippen molar-refractivity contribution in [2.45, 2.75) is 6.92 Å². The van der Waals surface area contributed by atoms with Crippen LogP contribution in [0.4, 0.5) is 5.69 Å². The lowest BCUT2D eigenvalue weighted by atomic mass is 10.1. The van der Waals surface area contributed by atoms with Gasteiger partial charge >= 0.3 is 0 Å². The van der Waals surface area contributed by atoms with Crippen LogP contribution in [-0.2, 0) is 0 Å². The van der Waals surface area contributed by atoms with Crippen molar-refractivity contribution in [3.05, 3.63) is 50.4 Å². The Labute approximate surface area is 146 Å². The smallest absolute Gasteiger partial charge is 0.255 e. The number of ether oxygens (including phenoxy) is 2. The molecule has 6 heteroatoms. The molecule has 0 fully saturated rings. The molecule has 0 aromatic heterocycles. The minimum absolute atomic E-state index is 0.242. The molecule has 0 bridgehead atoms. The Morgan fingerprint density at radius 2 is 1.64 bits per heavy atom. The predicted octanol–water partition coefficient (Wildman–Crippen LogP) is 4.79. The molecule has 0 aliphatic heterocycles. The van der Waals surface area contributed by atoms with Gasteiger partial charge in [0.05, 0.1) is 19.9 Å². The lowest BCUT2D eigenvalue weighted by Crippen LogP contribution is -2.13. The average molecular weight is 429 g/mol. The molecule has 2 aromatic rings. The van der Waals surface area contributed by atoms with Gasteiger partial charge in [-0.05, 0) is 68.6 Å². The Morgan fingerprint density at radius 1 is 1.05 bits per heavy atom. The maximum Gasteiger partial charge on any atom is 0.255 e. The summed E-state index contributed by atoms with van der Waals surface area (Å²) < 4.78 is 12.0. The molecule has 0 aliphatic rings. The summed E-state index contributed by atoms with van der Waals surface area (Å²) in [6.07, 6.45) is 0. The molecule has 116 valence electrons. The lowest BCUT2D eigenvalue weighted by molar-refractivity contribution is 0.102. The summed E-state index contributed by atoms with van der Waals surface area (Å²) in [5, 5.41) is 2.86. The molecule has 0 radical (unpaired) electrons. The Hall–Kier alpha value is -1.53. The summed E-state index contributed by atoms with van der Waals surface area (Å²) in [5.74, 6) is 0.827. The van der Waals surface area contributed by atoms with E-state index >= 15 is 0 Å². The van der Waals surface area contributed by atoms with Crippen molar-refractivity contribution in [2.24, 2.45) is 0 Å². The second-order valence-corrected chi connectivity index (χ2v) is 6.28. The highest BCUT2D eigenvalue weighted by atomic mass is 79.9. The number of methoxy groups -OCH3 is 2. The average Bonchev–Trinajstić information content (AvgIpc) is 2.50. The second kappa shape index (κ2) is 7.15. The topological polar surface area (TPSA) is 47.6 Å². The minimum Gasteiger partial charge on any atom is -0.495 e. The largest absolute Gasteiger partial charge is 0.495 e. The van der Waals surface area contributed by atoms with Crippen molar-refractivity contribution >= 4 is 43.5 Å². The number of halogens is 2. The Morgan fingerprint density at radius 3 is 2.14 bits per heavy atom. The van der Waals surface area contributed by atoms with Crippen LogP contribution in [0, 0.1) is 6.92 Å². The zero-order valence-corrected chi connectivity index (χ0v) is 15.5. The maximum absolute atomic E-state index is 12.4. The number of benzene rings is 2. The Bertz CT molecular complexity index is 692. The van der Waals surface area contributed by atoms with Crippen molar-refractivity contribution in [1.29, 1.82) is 0 Å². The number of hydrogen-bond donors (Lipinski definition) is 1. The van der Waals surface area contributed by atoms with Crippen LogP contribution in [0.3, 0.4) is 0 Å². The number of amides is 1. The third-order valence-electron chi connectivity index (χ3n) is 3.08. The molecule has 0 unspecified atom stereocenters. The van der Waals surface area contributed by atoms with Crippen LogP contribution in [0.2, 0.25) is 0 Å². The van der Waals surface area contributed by atoms with Gasteiger partial charge in [0, 0.05) is 10.0 Å². The van der Waals surface area contributed by atoms with E-state index in [0.717, 1.165) is 10.0 Å². The van der Waals surface area contributed by atoms with Crippen molar-refractivity contribution in [1.82, 2.24) is 0 Å². The van der Waals surface area contributed by atoms with E-state index in [9.17, 15) is 4.79 Å². The fourth-order valence-corrected chi connectivity index (χ4v) is 3.06. The molecule has 0 saturated heterocycles. The highest BCUT2D eigenvalue weighted by Gasteiger charge is 2.15.